The molecule has 1 aromatic carbocycles. The smallest absolute Gasteiger partial charge is 0.115 e. The summed E-state index contributed by atoms with van der Waals surface area (Å²) >= 11 is 0. The van der Waals surface area contributed by atoms with Gasteiger partial charge < -0.3 is 15.0 Å². The van der Waals surface area contributed by atoms with E-state index in [1.165, 1.54) is 6.21 Å². The number of likely N-dealkylation sites (N-methyl/N-ethyl adjacent to an activating group) is 1. The van der Waals surface area contributed by atoms with Crippen molar-refractivity contribution in [1.29, 1.82) is 0 Å². The molecular formula is C14H19N5O. The molecule has 1 heterocycles. The van der Waals surface area contributed by atoms with Crippen molar-refractivity contribution in [1.82, 2.24) is 9.80 Å². The van der Waals surface area contributed by atoms with E-state index in [0.29, 0.717) is 5.71 Å². The van der Waals surface area contributed by atoms with Gasteiger partial charge in [0, 0.05) is 31.7 Å². The van der Waals surface area contributed by atoms with Gasteiger partial charge in [0.25, 0.3) is 0 Å². The highest BCUT2D eigenvalue weighted by molar-refractivity contribution is 6.38. The van der Waals surface area contributed by atoms with Crippen LogP contribution in [-0.4, -0.2) is 66.5 Å². The standard InChI is InChI=1S/C14H19N5O/c1-18-7-9-19(10-8-18)12-15-17-14(11-16-20)13-5-3-2-4-6-13/h2-6,11-12,20H,7-10H2,1H3/b15-12?,16-11+,17-14+. The molecule has 106 valence electrons. The van der Waals surface area contributed by atoms with Crippen molar-refractivity contribution in [2.45, 2.75) is 0 Å². The molecule has 0 aromatic heterocycles. The molecule has 0 bridgehead atoms. The van der Waals surface area contributed by atoms with Crippen LogP contribution in [0.5, 0.6) is 0 Å². The number of benzene rings is 1. The first kappa shape index (κ1) is 14.2. The van der Waals surface area contributed by atoms with Crippen molar-refractivity contribution in [3.63, 3.8) is 0 Å². The van der Waals surface area contributed by atoms with Crippen molar-refractivity contribution in [2.24, 2.45) is 15.4 Å². The third kappa shape index (κ3) is 4.17. The Balaban J connectivity index is 2.03. The molecule has 1 aliphatic heterocycles. The summed E-state index contributed by atoms with van der Waals surface area (Å²) in [7, 11) is 2.11. The Morgan fingerprint density at radius 1 is 1.15 bits per heavy atom. The van der Waals surface area contributed by atoms with Crippen LogP contribution in [0.4, 0.5) is 0 Å². The highest BCUT2D eigenvalue weighted by atomic mass is 16.4. The molecule has 1 aliphatic rings. The molecule has 2 rings (SSSR count). The molecule has 1 aromatic rings. The van der Waals surface area contributed by atoms with Crippen LogP contribution in [0, 0.1) is 0 Å². The Labute approximate surface area is 118 Å². The largest absolute Gasteiger partial charge is 0.411 e. The van der Waals surface area contributed by atoms with Crippen molar-refractivity contribution in [3.05, 3.63) is 35.9 Å². The maximum Gasteiger partial charge on any atom is 0.115 e. The van der Waals surface area contributed by atoms with Gasteiger partial charge in [-0.3, -0.25) is 0 Å². The zero-order valence-electron chi connectivity index (χ0n) is 11.6. The fourth-order valence-electron chi connectivity index (χ4n) is 1.92. The Morgan fingerprint density at radius 3 is 2.50 bits per heavy atom. The van der Waals surface area contributed by atoms with E-state index in [9.17, 15) is 0 Å². The molecule has 6 nitrogen and oxygen atoms in total. The minimum Gasteiger partial charge on any atom is -0.411 e. The summed E-state index contributed by atoms with van der Waals surface area (Å²) < 4.78 is 0. The van der Waals surface area contributed by atoms with Crippen molar-refractivity contribution < 1.29 is 5.21 Å². The number of oxime groups is 1. The Hall–Kier alpha value is -2.21. The van der Waals surface area contributed by atoms with Crippen molar-refractivity contribution in [3.8, 4) is 0 Å². The maximum atomic E-state index is 8.70. The second-order valence-corrected chi connectivity index (χ2v) is 4.67. The molecule has 0 amide bonds. The second-order valence-electron chi connectivity index (χ2n) is 4.67. The average Bonchev–Trinajstić information content (AvgIpc) is 2.49. The first-order valence-corrected chi connectivity index (χ1v) is 6.56. The van der Waals surface area contributed by atoms with Crippen LogP contribution < -0.4 is 0 Å². The van der Waals surface area contributed by atoms with E-state index in [4.69, 9.17) is 5.21 Å². The summed E-state index contributed by atoms with van der Waals surface area (Å²) in [4.78, 5) is 4.41. The third-order valence-corrected chi connectivity index (χ3v) is 3.17. The minimum absolute atomic E-state index is 0.526. The normalized spacial score (nSPS) is 18.2. The van der Waals surface area contributed by atoms with Crippen molar-refractivity contribution >= 4 is 18.3 Å². The Bertz CT molecular complexity index is 490. The van der Waals surface area contributed by atoms with Gasteiger partial charge in [-0.1, -0.05) is 35.5 Å². The van der Waals surface area contributed by atoms with E-state index in [1.54, 1.807) is 6.34 Å². The van der Waals surface area contributed by atoms with Gasteiger partial charge in [-0.15, -0.1) is 10.2 Å². The Morgan fingerprint density at radius 2 is 1.85 bits per heavy atom. The number of piperazine rings is 1. The number of hydrogen-bond acceptors (Lipinski definition) is 5. The summed E-state index contributed by atoms with van der Waals surface area (Å²) in [6.07, 6.45) is 3.03. The van der Waals surface area contributed by atoms with E-state index in [0.717, 1.165) is 31.7 Å². The lowest BCUT2D eigenvalue weighted by Crippen LogP contribution is -2.43. The van der Waals surface area contributed by atoms with Gasteiger partial charge in [-0.25, -0.2) is 0 Å². The van der Waals surface area contributed by atoms with Gasteiger partial charge >= 0.3 is 0 Å². The number of rotatable bonds is 4. The van der Waals surface area contributed by atoms with Crippen molar-refractivity contribution in [2.75, 3.05) is 33.2 Å². The monoisotopic (exact) mass is 273 g/mol. The molecule has 0 spiro atoms. The maximum absolute atomic E-state index is 8.70. The van der Waals surface area contributed by atoms with Crippen LogP contribution in [-0.2, 0) is 0 Å². The molecule has 1 fully saturated rings. The first-order valence-electron chi connectivity index (χ1n) is 6.56. The molecular weight excluding hydrogens is 254 g/mol. The molecule has 20 heavy (non-hydrogen) atoms. The van der Waals surface area contributed by atoms with Gasteiger partial charge in [0.05, 0.1) is 6.21 Å². The fourth-order valence-corrected chi connectivity index (χ4v) is 1.92. The number of hydrogen-bond donors (Lipinski definition) is 1. The molecule has 6 heteroatoms. The van der Waals surface area contributed by atoms with Gasteiger partial charge in [-0.2, -0.15) is 0 Å². The third-order valence-electron chi connectivity index (χ3n) is 3.17. The lowest BCUT2D eigenvalue weighted by molar-refractivity contribution is 0.219. The summed E-state index contributed by atoms with van der Waals surface area (Å²) in [6.45, 7) is 3.95. The average molecular weight is 273 g/mol. The van der Waals surface area contributed by atoms with Gasteiger partial charge in [-0.05, 0) is 7.05 Å². The highest BCUT2D eigenvalue weighted by Gasteiger charge is 2.10. The first-order chi connectivity index (χ1) is 9.79. The van der Waals surface area contributed by atoms with E-state index >= 15 is 0 Å². The fraction of sp³-hybridized carbons (Fsp3) is 0.357. The zero-order chi connectivity index (χ0) is 14.2. The van der Waals surface area contributed by atoms with E-state index < -0.39 is 0 Å². The summed E-state index contributed by atoms with van der Waals surface area (Å²) in [5.74, 6) is 0. The van der Waals surface area contributed by atoms with E-state index in [-0.39, 0.29) is 0 Å². The molecule has 1 saturated heterocycles. The SMILES string of the molecule is CN1CCN(C=N/N=C(\C=N\O)c2ccccc2)CC1. The van der Waals surface area contributed by atoms with E-state index in [2.05, 4.69) is 32.2 Å². The summed E-state index contributed by atoms with van der Waals surface area (Å²) in [5.41, 5.74) is 1.39. The minimum atomic E-state index is 0.526. The second kappa shape index (κ2) is 7.40. The highest BCUT2D eigenvalue weighted by Crippen LogP contribution is 2.01. The summed E-state index contributed by atoms with van der Waals surface area (Å²) in [5, 5.41) is 19.9. The van der Waals surface area contributed by atoms with E-state index in [1.807, 2.05) is 30.3 Å². The van der Waals surface area contributed by atoms with Gasteiger partial charge in [0.2, 0.25) is 0 Å². The molecule has 0 unspecified atom stereocenters. The number of nitrogens with zero attached hydrogens (tertiary/aromatic N) is 5. The zero-order valence-corrected chi connectivity index (χ0v) is 11.6. The van der Waals surface area contributed by atoms with Crippen LogP contribution in [0.1, 0.15) is 5.56 Å². The molecule has 0 radical (unpaired) electrons. The summed E-state index contributed by atoms with van der Waals surface area (Å²) in [6, 6.07) is 9.52. The molecule has 0 atom stereocenters. The predicted octanol–water partition coefficient (Wildman–Crippen LogP) is 1.13. The molecule has 1 N–H and O–H groups in total. The topological polar surface area (TPSA) is 63.8 Å². The molecule has 0 saturated carbocycles. The van der Waals surface area contributed by atoms with Gasteiger partial charge in [0.1, 0.15) is 12.1 Å². The quantitative estimate of drug-likeness (QED) is 0.387. The van der Waals surface area contributed by atoms with Crippen LogP contribution in [0.15, 0.2) is 45.7 Å². The van der Waals surface area contributed by atoms with Gasteiger partial charge in [0.15, 0.2) is 0 Å². The Kier molecular flexibility index (Phi) is 5.25. The van der Waals surface area contributed by atoms with Crippen LogP contribution >= 0.6 is 0 Å². The lowest BCUT2D eigenvalue weighted by atomic mass is 10.1. The van der Waals surface area contributed by atoms with Crippen LogP contribution in [0.3, 0.4) is 0 Å². The van der Waals surface area contributed by atoms with Crippen LogP contribution in [0.25, 0.3) is 0 Å². The molecule has 0 aliphatic carbocycles. The van der Waals surface area contributed by atoms with Crippen LogP contribution in [0.2, 0.25) is 0 Å². The predicted molar refractivity (Wildman–Crippen MR) is 80.8 cm³/mol. The lowest BCUT2D eigenvalue weighted by Gasteiger charge is -2.30.